The minimum Gasteiger partial charge on any atom is -0.381 e. The zero-order chi connectivity index (χ0) is 11.4. The van der Waals surface area contributed by atoms with Crippen molar-refractivity contribution in [1.82, 2.24) is 0 Å². The maximum atomic E-state index is 7.22. The summed E-state index contributed by atoms with van der Waals surface area (Å²) >= 11 is 0. The maximum absolute atomic E-state index is 7.22. The van der Waals surface area contributed by atoms with Gasteiger partial charge in [-0.25, -0.2) is 0 Å². The fourth-order valence-electron chi connectivity index (χ4n) is 0.214. The molecule has 36 valence electrons. The normalized spacial score (nSPS) is 77.3. The molecule has 0 atom stereocenters. The third-order valence-electron chi connectivity index (χ3n) is 0.423. The molecule has 1 heteroatoms. The lowest BCUT2D eigenvalue weighted by Crippen LogP contribution is -2.03. The second-order valence-corrected chi connectivity index (χ2v) is 0.837. The van der Waals surface area contributed by atoms with Gasteiger partial charge in [0, 0.05) is 18.6 Å². The molecule has 6 heavy (non-hydrogen) atoms. The highest BCUT2D eigenvalue weighted by Gasteiger charge is 1.94. The molecule has 1 aliphatic heterocycles. The van der Waals surface area contributed by atoms with Gasteiger partial charge >= 0.3 is 0 Å². The summed E-state index contributed by atoms with van der Waals surface area (Å²) in [6, 6.07) is 0. The third-order valence-corrected chi connectivity index (χ3v) is 0.423. The minimum absolute atomic E-state index is 0.875. The van der Waals surface area contributed by atoms with E-state index in [0.29, 0.717) is 0 Å². The predicted molar refractivity (Wildman–Crippen MR) is 24.7 cm³/mol. The molecular formula is C5H10O. The van der Waals surface area contributed by atoms with Gasteiger partial charge in [-0.15, -0.1) is 0 Å². The SMILES string of the molecule is [2H]C1([2H])CC([2H])([2H])C([2H])([2H])OC1([2H])[2H]. The van der Waals surface area contributed by atoms with Gasteiger partial charge in [0.2, 0.25) is 0 Å². The van der Waals surface area contributed by atoms with E-state index in [1.165, 1.54) is 0 Å². The van der Waals surface area contributed by atoms with Crippen molar-refractivity contribution in [2.45, 2.75) is 19.2 Å². The van der Waals surface area contributed by atoms with E-state index in [9.17, 15) is 0 Å². The largest absolute Gasteiger partial charge is 0.381 e. The third kappa shape index (κ3) is 0.977. The van der Waals surface area contributed by atoms with E-state index in [4.69, 9.17) is 11.0 Å². The fraction of sp³-hybridized carbons (Fsp3) is 1.00. The summed E-state index contributed by atoms with van der Waals surface area (Å²) in [6.45, 7) is -5.63. The first-order valence-corrected chi connectivity index (χ1v) is 1.62. The number of ether oxygens (including phenoxy) is 1. The molecule has 0 saturated carbocycles. The van der Waals surface area contributed by atoms with Crippen molar-refractivity contribution in [3.05, 3.63) is 0 Å². The van der Waals surface area contributed by atoms with Crippen molar-refractivity contribution >= 4 is 0 Å². The Morgan fingerprint density at radius 2 is 2.00 bits per heavy atom. The molecule has 1 fully saturated rings. The number of hydrogen-bond acceptors (Lipinski definition) is 1. The Morgan fingerprint density at radius 3 is 2.50 bits per heavy atom. The van der Waals surface area contributed by atoms with Gasteiger partial charge in [0.15, 0.2) is 0 Å². The molecule has 0 radical (unpaired) electrons. The van der Waals surface area contributed by atoms with Crippen molar-refractivity contribution in [3.8, 4) is 0 Å². The second-order valence-electron chi connectivity index (χ2n) is 0.837. The summed E-state index contributed by atoms with van der Waals surface area (Å²) in [5.74, 6) is 0. The topological polar surface area (TPSA) is 9.23 Å². The Kier molecular flexibility index (Phi) is 0.275. The van der Waals surface area contributed by atoms with Crippen LogP contribution < -0.4 is 0 Å². The number of hydrogen-bond donors (Lipinski definition) is 0. The van der Waals surface area contributed by atoms with E-state index in [1.807, 2.05) is 0 Å². The van der Waals surface area contributed by atoms with Crippen LogP contribution in [0.4, 0.5) is 0 Å². The molecule has 0 spiro atoms. The molecule has 1 saturated heterocycles. The van der Waals surface area contributed by atoms with Crippen molar-refractivity contribution in [2.24, 2.45) is 0 Å². The molecular weight excluding hydrogens is 76.1 g/mol. The second kappa shape index (κ2) is 2.19. The maximum Gasteiger partial charge on any atom is 0.0567 e. The van der Waals surface area contributed by atoms with E-state index in [-0.39, 0.29) is 0 Å². The highest BCUT2D eigenvalue weighted by atomic mass is 16.5. The van der Waals surface area contributed by atoms with E-state index in [1.54, 1.807) is 0 Å². The Hall–Kier alpha value is -0.0400. The van der Waals surface area contributed by atoms with Gasteiger partial charge in [-0.1, -0.05) is 0 Å². The van der Waals surface area contributed by atoms with Crippen molar-refractivity contribution < 1.29 is 15.7 Å². The molecule has 0 aromatic heterocycles. The van der Waals surface area contributed by atoms with Crippen LogP contribution in [0.5, 0.6) is 0 Å². The van der Waals surface area contributed by atoms with Crippen LogP contribution in [0.3, 0.4) is 0 Å². The highest BCUT2D eigenvalue weighted by molar-refractivity contribution is 4.45. The van der Waals surface area contributed by atoms with E-state index in [2.05, 4.69) is 4.74 Å². The van der Waals surface area contributed by atoms with Crippen molar-refractivity contribution in [3.63, 3.8) is 0 Å². The highest BCUT2D eigenvalue weighted by Crippen LogP contribution is 2.01. The first-order chi connectivity index (χ1) is 5.91. The Bertz CT molecular complexity index is 196. The Labute approximate surface area is 49.5 Å². The summed E-state index contributed by atoms with van der Waals surface area (Å²) in [7, 11) is 0. The van der Waals surface area contributed by atoms with Gasteiger partial charge in [-0.3, -0.25) is 0 Å². The van der Waals surface area contributed by atoms with Crippen LogP contribution in [0.2, 0.25) is 0 Å². The number of rotatable bonds is 0. The van der Waals surface area contributed by atoms with Gasteiger partial charge in [-0.2, -0.15) is 0 Å². The van der Waals surface area contributed by atoms with Gasteiger partial charge in [0.1, 0.15) is 0 Å². The van der Waals surface area contributed by atoms with E-state index < -0.39 is 32.3 Å². The van der Waals surface area contributed by atoms with Crippen LogP contribution in [0.1, 0.15) is 30.1 Å². The lowest BCUT2D eigenvalue weighted by Gasteiger charge is -2.08. The average Bonchev–Trinajstić information content (AvgIpc) is 1.78. The average molecular weight is 94.2 g/mol. The van der Waals surface area contributed by atoms with Crippen LogP contribution in [0, 0.1) is 0 Å². The monoisotopic (exact) mass is 94.1 g/mol. The molecule has 0 unspecified atom stereocenters. The summed E-state index contributed by atoms with van der Waals surface area (Å²) in [5.41, 5.74) is 0. The summed E-state index contributed by atoms with van der Waals surface area (Å²) in [6.07, 6.45) is -5.95. The van der Waals surface area contributed by atoms with E-state index >= 15 is 0 Å². The molecule has 0 aromatic rings. The standard InChI is InChI=1S/C5H10O/c1-2-4-6-5-3-1/h1-5H2/i2D2,3D2,4D2,5D2. The Balaban J connectivity index is 3.07. The van der Waals surface area contributed by atoms with Crippen LogP contribution >= 0.6 is 0 Å². The van der Waals surface area contributed by atoms with Gasteiger partial charge in [0.25, 0.3) is 0 Å². The quantitative estimate of drug-likeness (QED) is 0.438. The molecule has 1 nitrogen and oxygen atoms in total. The predicted octanol–water partition coefficient (Wildman–Crippen LogP) is 1.19. The van der Waals surface area contributed by atoms with Gasteiger partial charge in [0.05, 0.1) is 5.48 Å². The van der Waals surface area contributed by atoms with Crippen LogP contribution in [0.25, 0.3) is 0 Å². The summed E-state index contributed by atoms with van der Waals surface area (Å²) in [4.78, 5) is 0. The van der Waals surface area contributed by atoms with Gasteiger partial charge in [-0.05, 0) is 19.2 Å². The summed E-state index contributed by atoms with van der Waals surface area (Å²) in [5, 5.41) is 0. The fourth-order valence-corrected chi connectivity index (χ4v) is 0.214. The molecule has 0 amide bonds. The van der Waals surface area contributed by atoms with Crippen LogP contribution in [-0.4, -0.2) is 13.1 Å². The lowest BCUT2D eigenvalue weighted by atomic mass is 10.2. The first-order valence-electron chi connectivity index (χ1n) is 5.62. The molecule has 0 aliphatic carbocycles. The smallest absolute Gasteiger partial charge is 0.0567 e. The molecule has 0 aromatic carbocycles. The Morgan fingerprint density at radius 1 is 1.33 bits per heavy atom. The molecule has 1 aliphatic rings. The van der Waals surface area contributed by atoms with Gasteiger partial charge < -0.3 is 4.74 Å². The minimum atomic E-state index is -2.82. The summed E-state index contributed by atoms with van der Waals surface area (Å²) < 4.78 is 61.6. The van der Waals surface area contributed by atoms with Crippen molar-refractivity contribution in [1.29, 1.82) is 0 Å². The van der Waals surface area contributed by atoms with E-state index in [0.717, 1.165) is 0 Å². The molecule has 0 N–H and O–H groups in total. The zero-order valence-electron chi connectivity index (χ0n) is 11.1. The zero-order valence-corrected chi connectivity index (χ0v) is 3.12. The van der Waals surface area contributed by atoms with Crippen molar-refractivity contribution in [2.75, 3.05) is 13.1 Å². The molecule has 1 heterocycles. The molecule has 0 bridgehead atoms. The van der Waals surface area contributed by atoms with Crippen LogP contribution in [-0.2, 0) is 4.74 Å². The first kappa shape index (κ1) is 0.752. The van der Waals surface area contributed by atoms with Crippen LogP contribution in [0.15, 0.2) is 0 Å². The molecule has 1 rings (SSSR count). The lowest BCUT2D eigenvalue weighted by molar-refractivity contribution is 0.0968.